The smallest absolute Gasteiger partial charge is 0.124 e. The van der Waals surface area contributed by atoms with E-state index in [9.17, 15) is 0 Å². The molecule has 0 amide bonds. The molecule has 3 heteroatoms. The molecule has 0 heterocycles. The Morgan fingerprint density at radius 1 is 1.00 bits per heavy atom. The van der Waals surface area contributed by atoms with E-state index in [2.05, 4.69) is 31.3 Å². The molecule has 1 aliphatic carbocycles. The number of hydrogen-bond donors (Lipinski definition) is 1. The summed E-state index contributed by atoms with van der Waals surface area (Å²) in [6, 6.07) is 6.57. The van der Waals surface area contributed by atoms with E-state index in [0.29, 0.717) is 6.04 Å². The highest BCUT2D eigenvalue weighted by Crippen LogP contribution is 2.34. The molecule has 1 aliphatic rings. The first-order valence-corrected chi connectivity index (χ1v) is 7.63. The molecule has 1 fully saturated rings. The Morgan fingerprint density at radius 3 is 2.15 bits per heavy atom. The van der Waals surface area contributed by atoms with Crippen LogP contribution in [0.15, 0.2) is 18.2 Å². The minimum atomic E-state index is 0.556. The maximum absolute atomic E-state index is 5.34. The predicted molar refractivity (Wildman–Crippen MR) is 83.8 cm³/mol. The van der Waals surface area contributed by atoms with Crippen molar-refractivity contribution in [1.82, 2.24) is 0 Å². The molecule has 2 atom stereocenters. The van der Waals surface area contributed by atoms with E-state index in [4.69, 9.17) is 9.47 Å². The van der Waals surface area contributed by atoms with Crippen LogP contribution in [0.25, 0.3) is 0 Å². The van der Waals surface area contributed by atoms with Gasteiger partial charge in [0.05, 0.1) is 14.2 Å². The molecule has 2 unspecified atom stereocenters. The second-order valence-corrected chi connectivity index (χ2v) is 6.04. The molecule has 0 bridgehead atoms. The molecular formula is C17H27NO2. The zero-order valence-corrected chi connectivity index (χ0v) is 13.1. The summed E-state index contributed by atoms with van der Waals surface area (Å²) in [7, 11) is 3.38. The third-order valence-electron chi connectivity index (χ3n) is 4.38. The number of methoxy groups -OCH3 is 2. The maximum Gasteiger partial charge on any atom is 0.124 e. The van der Waals surface area contributed by atoms with E-state index in [1.807, 2.05) is 6.07 Å². The second kappa shape index (κ2) is 6.87. The standard InChI is InChI=1S/C17H27NO2/c1-12(2)16-7-5-6-8-17(16)18-13-9-14(19-3)11-15(10-13)20-4/h9-12,16-18H,5-8H2,1-4H3. The van der Waals surface area contributed by atoms with Crippen LogP contribution in [0.3, 0.4) is 0 Å². The quantitative estimate of drug-likeness (QED) is 0.869. The lowest BCUT2D eigenvalue weighted by molar-refractivity contribution is 0.253. The average molecular weight is 277 g/mol. The fourth-order valence-corrected chi connectivity index (χ4v) is 3.24. The first-order valence-electron chi connectivity index (χ1n) is 7.63. The van der Waals surface area contributed by atoms with Crippen molar-refractivity contribution in [2.45, 2.75) is 45.6 Å². The molecule has 1 aromatic rings. The van der Waals surface area contributed by atoms with Gasteiger partial charge in [0.1, 0.15) is 11.5 Å². The van der Waals surface area contributed by atoms with Gasteiger partial charge in [-0.05, 0) is 24.7 Å². The van der Waals surface area contributed by atoms with Crippen LogP contribution in [-0.4, -0.2) is 20.3 Å². The first-order chi connectivity index (χ1) is 9.63. The molecule has 112 valence electrons. The molecular weight excluding hydrogens is 250 g/mol. The van der Waals surface area contributed by atoms with E-state index in [0.717, 1.165) is 29.0 Å². The summed E-state index contributed by atoms with van der Waals surface area (Å²) in [5, 5.41) is 3.70. The van der Waals surface area contributed by atoms with Crippen LogP contribution in [0, 0.1) is 11.8 Å². The van der Waals surface area contributed by atoms with Gasteiger partial charge >= 0.3 is 0 Å². The van der Waals surface area contributed by atoms with Crippen LogP contribution in [0.2, 0.25) is 0 Å². The van der Waals surface area contributed by atoms with Crippen molar-refractivity contribution < 1.29 is 9.47 Å². The molecule has 0 radical (unpaired) electrons. The van der Waals surface area contributed by atoms with Gasteiger partial charge in [0.15, 0.2) is 0 Å². The summed E-state index contributed by atoms with van der Waals surface area (Å²) < 4.78 is 10.7. The maximum atomic E-state index is 5.34. The number of nitrogens with one attached hydrogen (secondary N) is 1. The number of hydrogen-bond acceptors (Lipinski definition) is 3. The van der Waals surface area contributed by atoms with Gasteiger partial charge in [0.2, 0.25) is 0 Å². The molecule has 1 saturated carbocycles. The van der Waals surface area contributed by atoms with Crippen LogP contribution >= 0.6 is 0 Å². The number of rotatable bonds is 5. The molecule has 0 aromatic heterocycles. The van der Waals surface area contributed by atoms with Gasteiger partial charge in [-0.3, -0.25) is 0 Å². The monoisotopic (exact) mass is 277 g/mol. The molecule has 0 saturated heterocycles. The Bertz CT molecular complexity index is 409. The van der Waals surface area contributed by atoms with Gasteiger partial charge in [0, 0.05) is 29.9 Å². The topological polar surface area (TPSA) is 30.5 Å². The fraction of sp³-hybridized carbons (Fsp3) is 0.647. The van der Waals surface area contributed by atoms with E-state index >= 15 is 0 Å². The molecule has 0 spiro atoms. The molecule has 3 nitrogen and oxygen atoms in total. The van der Waals surface area contributed by atoms with E-state index in [1.54, 1.807) is 14.2 Å². The van der Waals surface area contributed by atoms with Crippen molar-refractivity contribution >= 4 is 5.69 Å². The van der Waals surface area contributed by atoms with Crippen LogP contribution in [0.1, 0.15) is 39.5 Å². The highest BCUT2D eigenvalue weighted by Gasteiger charge is 2.27. The van der Waals surface area contributed by atoms with Crippen LogP contribution < -0.4 is 14.8 Å². The molecule has 2 rings (SSSR count). The highest BCUT2D eigenvalue weighted by atomic mass is 16.5. The average Bonchev–Trinajstić information content (AvgIpc) is 2.47. The third kappa shape index (κ3) is 3.59. The van der Waals surface area contributed by atoms with Crippen molar-refractivity contribution in [3.63, 3.8) is 0 Å². The fourth-order valence-electron chi connectivity index (χ4n) is 3.24. The van der Waals surface area contributed by atoms with Gasteiger partial charge in [-0.15, -0.1) is 0 Å². The molecule has 0 aliphatic heterocycles. The zero-order valence-electron chi connectivity index (χ0n) is 13.1. The Kier molecular flexibility index (Phi) is 5.16. The Morgan fingerprint density at radius 2 is 1.60 bits per heavy atom. The summed E-state index contributed by atoms with van der Waals surface area (Å²) in [6.07, 6.45) is 5.27. The molecule has 1 aromatic carbocycles. The first kappa shape index (κ1) is 15.0. The van der Waals surface area contributed by atoms with Crippen molar-refractivity contribution in [1.29, 1.82) is 0 Å². The minimum Gasteiger partial charge on any atom is -0.497 e. The summed E-state index contributed by atoms with van der Waals surface area (Å²) in [5.41, 5.74) is 1.10. The number of benzene rings is 1. The lowest BCUT2D eigenvalue weighted by Gasteiger charge is -2.35. The molecule has 20 heavy (non-hydrogen) atoms. The lowest BCUT2D eigenvalue weighted by atomic mass is 9.78. The van der Waals surface area contributed by atoms with Crippen LogP contribution in [0.5, 0.6) is 11.5 Å². The predicted octanol–water partition coefficient (Wildman–Crippen LogP) is 4.33. The number of anilines is 1. The zero-order chi connectivity index (χ0) is 14.5. The van der Waals surface area contributed by atoms with Gasteiger partial charge < -0.3 is 14.8 Å². The van der Waals surface area contributed by atoms with E-state index < -0.39 is 0 Å². The summed E-state index contributed by atoms with van der Waals surface area (Å²) in [4.78, 5) is 0. The van der Waals surface area contributed by atoms with Gasteiger partial charge in [-0.1, -0.05) is 26.7 Å². The normalized spacial score (nSPS) is 22.6. The van der Waals surface area contributed by atoms with Crippen LogP contribution in [-0.2, 0) is 0 Å². The summed E-state index contributed by atoms with van der Waals surface area (Å²) >= 11 is 0. The van der Waals surface area contributed by atoms with Gasteiger partial charge in [0.25, 0.3) is 0 Å². The highest BCUT2D eigenvalue weighted by molar-refractivity contribution is 5.54. The molecule has 1 N–H and O–H groups in total. The second-order valence-electron chi connectivity index (χ2n) is 6.04. The van der Waals surface area contributed by atoms with Gasteiger partial charge in [-0.2, -0.15) is 0 Å². The van der Waals surface area contributed by atoms with E-state index in [1.165, 1.54) is 25.7 Å². The minimum absolute atomic E-state index is 0.556. The summed E-state index contributed by atoms with van der Waals surface area (Å²) in [5.74, 6) is 3.15. The summed E-state index contributed by atoms with van der Waals surface area (Å²) in [6.45, 7) is 4.66. The van der Waals surface area contributed by atoms with Crippen molar-refractivity contribution in [3.05, 3.63) is 18.2 Å². The Hall–Kier alpha value is -1.38. The van der Waals surface area contributed by atoms with Gasteiger partial charge in [-0.25, -0.2) is 0 Å². The Labute approximate surface area is 122 Å². The van der Waals surface area contributed by atoms with Crippen molar-refractivity contribution in [2.24, 2.45) is 11.8 Å². The number of ether oxygens (including phenoxy) is 2. The Balaban J connectivity index is 2.15. The van der Waals surface area contributed by atoms with Crippen molar-refractivity contribution in [3.8, 4) is 11.5 Å². The third-order valence-corrected chi connectivity index (χ3v) is 4.38. The SMILES string of the molecule is COc1cc(NC2CCCCC2C(C)C)cc(OC)c1. The largest absolute Gasteiger partial charge is 0.497 e. The van der Waals surface area contributed by atoms with E-state index in [-0.39, 0.29) is 0 Å². The lowest BCUT2D eigenvalue weighted by Crippen LogP contribution is -2.35. The van der Waals surface area contributed by atoms with Crippen LogP contribution in [0.4, 0.5) is 5.69 Å². The van der Waals surface area contributed by atoms with Crippen molar-refractivity contribution in [2.75, 3.05) is 19.5 Å².